The van der Waals surface area contributed by atoms with E-state index in [2.05, 4.69) is 22.8 Å². The molecule has 25 heavy (non-hydrogen) atoms. The van der Waals surface area contributed by atoms with E-state index in [1.807, 2.05) is 12.1 Å². The molecule has 0 bridgehead atoms. The number of methoxy groups -OCH3 is 1. The minimum Gasteiger partial charge on any atom is -0.496 e. The summed E-state index contributed by atoms with van der Waals surface area (Å²) >= 11 is 1.78. The average Bonchev–Trinajstić information content (AvgIpc) is 3.19. The third-order valence-electron chi connectivity index (χ3n) is 5.20. The fourth-order valence-electron chi connectivity index (χ4n) is 3.70. The van der Waals surface area contributed by atoms with E-state index in [4.69, 9.17) is 4.74 Å². The first-order valence-electron chi connectivity index (χ1n) is 8.78. The minimum absolute atomic E-state index is 0.0709. The molecule has 0 saturated heterocycles. The normalized spacial score (nSPS) is 23.2. The third kappa shape index (κ3) is 4.05. The quantitative estimate of drug-likeness (QED) is 0.826. The minimum atomic E-state index is -0.184. The van der Waals surface area contributed by atoms with Gasteiger partial charge in [-0.05, 0) is 55.7 Å². The number of rotatable bonds is 6. The van der Waals surface area contributed by atoms with Crippen LogP contribution in [0.5, 0.6) is 5.75 Å². The number of carbonyl (C=O) groups is 1. The zero-order valence-corrected chi connectivity index (χ0v) is 15.3. The molecule has 0 unspecified atom stereocenters. The lowest BCUT2D eigenvalue weighted by Gasteiger charge is -2.38. The standard InChI is InChI=1S/C20H25NO3S/c1-24-17-6-3-2-5-16(17)19(23)21-13-12-20(18-7-4-14-25-18)10-8-15(22)9-11-20/h2-7,14-15,22H,8-13H2,1H3,(H,21,23). The highest BCUT2D eigenvalue weighted by atomic mass is 32.1. The van der Waals surface area contributed by atoms with Crippen molar-refractivity contribution in [3.05, 3.63) is 52.2 Å². The molecule has 0 atom stereocenters. The van der Waals surface area contributed by atoms with Crippen molar-refractivity contribution in [2.75, 3.05) is 13.7 Å². The van der Waals surface area contributed by atoms with Crippen LogP contribution in [-0.4, -0.2) is 30.8 Å². The summed E-state index contributed by atoms with van der Waals surface area (Å²) in [6, 6.07) is 11.5. The van der Waals surface area contributed by atoms with Gasteiger partial charge in [0.1, 0.15) is 5.75 Å². The van der Waals surface area contributed by atoms with Gasteiger partial charge < -0.3 is 15.2 Å². The molecule has 1 fully saturated rings. The van der Waals surface area contributed by atoms with Crippen molar-refractivity contribution in [3.8, 4) is 5.75 Å². The molecule has 0 spiro atoms. The van der Waals surface area contributed by atoms with Gasteiger partial charge in [0.2, 0.25) is 0 Å². The zero-order chi connectivity index (χ0) is 17.7. The van der Waals surface area contributed by atoms with Gasteiger partial charge in [-0.15, -0.1) is 11.3 Å². The first-order valence-corrected chi connectivity index (χ1v) is 9.66. The Balaban J connectivity index is 1.65. The Morgan fingerprint density at radius 1 is 1.28 bits per heavy atom. The molecule has 1 aliphatic rings. The van der Waals surface area contributed by atoms with Crippen LogP contribution >= 0.6 is 11.3 Å². The molecule has 1 aromatic heterocycles. The number of aliphatic hydroxyl groups is 1. The molecule has 0 aliphatic heterocycles. The topological polar surface area (TPSA) is 58.6 Å². The summed E-state index contributed by atoms with van der Waals surface area (Å²) in [5.41, 5.74) is 0.635. The van der Waals surface area contributed by atoms with Crippen LogP contribution in [0.1, 0.15) is 47.3 Å². The summed E-state index contributed by atoms with van der Waals surface area (Å²) in [5.74, 6) is 0.489. The van der Waals surface area contributed by atoms with Crippen molar-refractivity contribution >= 4 is 17.2 Å². The van der Waals surface area contributed by atoms with E-state index in [0.29, 0.717) is 17.9 Å². The van der Waals surface area contributed by atoms with E-state index in [1.165, 1.54) is 4.88 Å². The smallest absolute Gasteiger partial charge is 0.255 e. The predicted molar refractivity (Wildman–Crippen MR) is 100 cm³/mol. The van der Waals surface area contributed by atoms with Crippen LogP contribution < -0.4 is 10.1 Å². The fourth-order valence-corrected chi connectivity index (χ4v) is 4.71. The van der Waals surface area contributed by atoms with Gasteiger partial charge in [-0.25, -0.2) is 0 Å². The van der Waals surface area contributed by atoms with Gasteiger partial charge in [-0.3, -0.25) is 4.79 Å². The van der Waals surface area contributed by atoms with E-state index in [-0.39, 0.29) is 17.4 Å². The maximum atomic E-state index is 12.5. The van der Waals surface area contributed by atoms with E-state index < -0.39 is 0 Å². The molecular formula is C20H25NO3S. The second-order valence-electron chi connectivity index (χ2n) is 6.69. The lowest BCUT2D eigenvalue weighted by atomic mass is 9.70. The van der Waals surface area contributed by atoms with Gasteiger partial charge in [-0.1, -0.05) is 18.2 Å². The molecule has 2 aromatic rings. The van der Waals surface area contributed by atoms with Crippen LogP contribution in [0.2, 0.25) is 0 Å². The Hall–Kier alpha value is -1.85. The molecule has 1 heterocycles. The number of para-hydroxylation sites is 1. The number of ether oxygens (including phenoxy) is 1. The highest BCUT2D eigenvalue weighted by Crippen LogP contribution is 2.44. The van der Waals surface area contributed by atoms with Crippen LogP contribution in [0.3, 0.4) is 0 Å². The maximum Gasteiger partial charge on any atom is 0.255 e. The summed E-state index contributed by atoms with van der Waals surface area (Å²) in [5, 5.41) is 15.0. The first-order chi connectivity index (χ1) is 12.1. The third-order valence-corrected chi connectivity index (χ3v) is 6.31. The number of aliphatic hydroxyl groups excluding tert-OH is 1. The monoisotopic (exact) mass is 359 g/mol. The molecular weight excluding hydrogens is 334 g/mol. The molecule has 1 amide bonds. The van der Waals surface area contributed by atoms with E-state index in [0.717, 1.165) is 32.1 Å². The van der Waals surface area contributed by atoms with Gasteiger partial charge in [0.05, 0.1) is 18.8 Å². The molecule has 0 radical (unpaired) electrons. The van der Waals surface area contributed by atoms with Crippen molar-refractivity contribution in [2.45, 2.75) is 43.6 Å². The summed E-state index contributed by atoms with van der Waals surface area (Å²) in [6.45, 7) is 0.616. The number of hydrogen-bond donors (Lipinski definition) is 2. The molecule has 1 saturated carbocycles. The molecule has 4 nitrogen and oxygen atoms in total. The van der Waals surface area contributed by atoms with Gasteiger partial charge in [0.15, 0.2) is 0 Å². The lowest BCUT2D eigenvalue weighted by molar-refractivity contribution is 0.0881. The van der Waals surface area contributed by atoms with Crippen LogP contribution in [0.4, 0.5) is 0 Å². The molecule has 1 aromatic carbocycles. The number of hydrogen-bond acceptors (Lipinski definition) is 4. The van der Waals surface area contributed by atoms with E-state index in [1.54, 1.807) is 30.6 Å². The molecule has 2 N–H and O–H groups in total. The Labute approximate surface area is 152 Å². The molecule has 3 rings (SSSR count). The summed E-state index contributed by atoms with van der Waals surface area (Å²) in [6.07, 6.45) is 4.31. The number of thiophene rings is 1. The summed E-state index contributed by atoms with van der Waals surface area (Å²) in [7, 11) is 1.57. The van der Waals surface area contributed by atoms with Gasteiger partial charge >= 0.3 is 0 Å². The molecule has 1 aliphatic carbocycles. The highest BCUT2D eigenvalue weighted by molar-refractivity contribution is 7.10. The Bertz CT molecular complexity index is 691. The first kappa shape index (κ1) is 18.0. The van der Waals surface area contributed by atoms with E-state index in [9.17, 15) is 9.90 Å². The van der Waals surface area contributed by atoms with Crippen molar-refractivity contribution in [3.63, 3.8) is 0 Å². The molecule has 134 valence electrons. The SMILES string of the molecule is COc1ccccc1C(=O)NCCC1(c2cccs2)CCC(O)CC1. The second kappa shape index (κ2) is 8.02. The summed E-state index contributed by atoms with van der Waals surface area (Å²) < 4.78 is 5.27. The van der Waals surface area contributed by atoms with Crippen molar-refractivity contribution in [1.29, 1.82) is 0 Å². The Morgan fingerprint density at radius 2 is 2.04 bits per heavy atom. The largest absolute Gasteiger partial charge is 0.496 e. The van der Waals surface area contributed by atoms with Gasteiger partial charge in [-0.2, -0.15) is 0 Å². The highest BCUT2D eigenvalue weighted by Gasteiger charge is 2.36. The van der Waals surface area contributed by atoms with E-state index >= 15 is 0 Å². The number of amides is 1. The van der Waals surface area contributed by atoms with Crippen molar-refractivity contribution < 1.29 is 14.6 Å². The van der Waals surface area contributed by atoms with Gasteiger partial charge in [0.25, 0.3) is 5.91 Å². The van der Waals surface area contributed by atoms with Crippen LogP contribution in [0, 0.1) is 0 Å². The van der Waals surface area contributed by atoms with Crippen molar-refractivity contribution in [1.82, 2.24) is 5.32 Å². The van der Waals surface area contributed by atoms with Crippen LogP contribution in [0.15, 0.2) is 41.8 Å². The molecule has 5 heteroatoms. The van der Waals surface area contributed by atoms with Crippen molar-refractivity contribution in [2.24, 2.45) is 0 Å². The second-order valence-corrected chi connectivity index (χ2v) is 7.64. The van der Waals surface area contributed by atoms with Crippen LogP contribution in [0.25, 0.3) is 0 Å². The number of benzene rings is 1. The van der Waals surface area contributed by atoms with Crippen LogP contribution in [-0.2, 0) is 5.41 Å². The average molecular weight is 359 g/mol. The number of carbonyl (C=O) groups excluding carboxylic acids is 1. The zero-order valence-electron chi connectivity index (χ0n) is 14.5. The fraction of sp³-hybridized carbons (Fsp3) is 0.450. The van der Waals surface area contributed by atoms with Gasteiger partial charge in [0, 0.05) is 16.8 Å². The predicted octanol–water partition coefficient (Wildman–Crippen LogP) is 3.75. The summed E-state index contributed by atoms with van der Waals surface area (Å²) in [4.78, 5) is 13.8. The number of nitrogens with one attached hydrogen (secondary N) is 1. The Kier molecular flexibility index (Phi) is 5.76. The Morgan fingerprint density at radius 3 is 2.72 bits per heavy atom. The lowest BCUT2D eigenvalue weighted by Crippen LogP contribution is -2.37. The maximum absolute atomic E-state index is 12.5.